The lowest BCUT2D eigenvalue weighted by Crippen LogP contribution is -2.07. The number of carbonyl (C=O) groups excluding carboxylic acids is 1. The maximum atomic E-state index is 11.9. The fourth-order valence-electron chi connectivity index (χ4n) is 1.53. The Balaban J connectivity index is 2.03. The molecule has 0 atom stereocenters. The Morgan fingerprint density at radius 3 is 2.74 bits per heavy atom. The molecule has 0 aliphatic carbocycles. The van der Waals surface area contributed by atoms with Crippen LogP contribution in [-0.4, -0.2) is 18.1 Å². The maximum absolute atomic E-state index is 11.9. The van der Waals surface area contributed by atoms with Gasteiger partial charge in [-0.25, -0.2) is 9.78 Å². The van der Waals surface area contributed by atoms with Crippen molar-refractivity contribution in [2.45, 2.75) is 6.61 Å². The van der Waals surface area contributed by atoms with Gasteiger partial charge >= 0.3 is 5.97 Å². The first-order valence-electron chi connectivity index (χ1n) is 5.61. The Hall–Kier alpha value is -2.07. The minimum Gasteiger partial charge on any atom is -0.496 e. The lowest BCUT2D eigenvalue weighted by molar-refractivity contribution is 0.0469. The minimum atomic E-state index is -0.438. The van der Waals surface area contributed by atoms with Crippen LogP contribution in [0.3, 0.4) is 0 Å². The zero-order chi connectivity index (χ0) is 13.7. The monoisotopic (exact) mass is 277 g/mol. The molecule has 0 amide bonds. The van der Waals surface area contributed by atoms with E-state index in [1.165, 1.54) is 7.11 Å². The molecule has 0 fully saturated rings. The highest BCUT2D eigenvalue weighted by Crippen LogP contribution is 2.18. The second kappa shape index (κ2) is 6.20. The van der Waals surface area contributed by atoms with Crippen molar-refractivity contribution in [2.24, 2.45) is 0 Å². The fraction of sp³-hybridized carbons (Fsp3) is 0.143. The van der Waals surface area contributed by atoms with E-state index < -0.39 is 5.97 Å². The number of nitrogens with zero attached hydrogens (tertiary/aromatic N) is 1. The van der Waals surface area contributed by atoms with Gasteiger partial charge in [0.15, 0.2) is 0 Å². The predicted molar refractivity (Wildman–Crippen MR) is 71.4 cm³/mol. The summed E-state index contributed by atoms with van der Waals surface area (Å²) < 4.78 is 10.3. The molecule has 0 saturated carbocycles. The third kappa shape index (κ3) is 3.45. The van der Waals surface area contributed by atoms with Gasteiger partial charge in [-0.3, -0.25) is 0 Å². The van der Waals surface area contributed by atoms with E-state index in [4.69, 9.17) is 21.1 Å². The van der Waals surface area contributed by atoms with Gasteiger partial charge in [-0.1, -0.05) is 29.8 Å². The van der Waals surface area contributed by atoms with E-state index >= 15 is 0 Å². The number of halogens is 1. The summed E-state index contributed by atoms with van der Waals surface area (Å²) in [4.78, 5) is 15.8. The lowest BCUT2D eigenvalue weighted by Gasteiger charge is -2.08. The van der Waals surface area contributed by atoms with Crippen LogP contribution < -0.4 is 4.74 Å². The Kier molecular flexibility index (Phi) is 4.36. The first kappa shape index (κ1) is 13.4. The van der Waals surface area contributed by atoms with Crippen LogP contribution in [0.5, 0.6) is 5.75 Å². The summed E-state index contributed by atoms with van der Waals surface area (Å²) in [5.41, 5.74) is 1.17. The number of methoxy groups -OCH3 is 1. The van der Waals surface area contributed by atoms with E-state index in [2.05, 4.69) is 4.98 Å². The summed E-state index contributed by atoms with van der Waals surface area (Å²) >= 11 is 5.67. The molecule has 1 heterocycles. The first-order chi connectivity index (χ1) is 9.20. The number of aromatic nitrogens is 1. The Bertz CT molecular complexity index is 569. The molecular formula is C14H12ClNO3. The molecule has 5 heteroatoms. The summed E-state index contributed by atoms with van der Waals surface area (Å²) in [6.45, 7) is 0.140. The number of rotatable bonds is 4. The third-order valence-electron chi connectivity index (χ3n) is 2.49. The number of carbonyl (C=O) groups is 1. The molecular weight excluding hydrogens is 266 g/mol. The Morgan fingerprint density at radius 2 is 2.05 bits per heavy atom. The molecule has 0 spiro atoms. The van der Waals surface area contributed by atoms with Crippen molar-refractivity contribution in [3.63, 3.8) is 0 Å². The van der Waals surface area contributed by atoms with E-state index in [1.807, 2.05) is 0 Å². The summed E-state index contributed by atoms with van der Waals surface area (Å²) in [6.07, 6.45) is 1.57. The molecule has 0 radical (unpaired) electrons. The van der Waals surface area contributed by atoms with Crippen LogP contribution in [0.1, 0.15) is 15.9 Å². The molecule has 1 aromatic heterocycles. The van der Waals surface area contributed by atoms with Crippen LogP contribution >= 0.6 is 11.6 Å². The van der Waals surface area contributed by atoms with Gasteiger partial charge in [-0.2, -0.15) is 0 Å². The smallest absolute Gasteiger partial charge is 0.342 e. The molecule has 0 aliphatic heterocycles. The summed E-state index contributed by atoms with van der Waals surface area (Å²) in [6, 6.07) is 10.3. The number of esters is 1. The minimum absolute atomic E-state index is 0.140. The van der Waals surface area contributed by atoms with Gasteiger partial charge in [0.2, 0.25) is 0 Å². The van der Waals surface area contributed by atoms with E-state index in [1.54, 1.807) is 42.6 Å². The number of para-hydroxylation sites is 1. The fourth-order valence-corrected chi connectivity index (χ4v) is 1.64. The summed E-state index contributed by atoms with van der Waals surface area (Å²) in [7, 11) is 1.51. The van der Waals surface area contributed by atoms with Crippen molar-refractivity contribution < 1.29 is 14.3 Å². The zero-order valence-corrected chi connectivity index (χ0v) is 11.1. The van der Waals surface area contributed by atoms with Crippen LogP contribution in [0, 0.1) is 0 Å². The summed E-state index contributed by atoms with van der Waals surface area (Å²) in [5.74, 6) is 0.0501. The average Bonchev–Trinajstić information content (AvgIpc) is 2.46. The van der Waals surface area contributed by atoms with Crippen molar-refractivity contribution in [2.75, 3.05) is 7.11 Å². The van der Waals surface area contributed by atoms with Gasteiger partial charge in [0.25, 0.3) is 0 Å². The van der Waals surface area contributed by atoms with Gasteiger partial charge in [0.05, 0.1) is 7.11 Å². The van der Waals surface area contributed by atoms with E-state index in [9.17, 15) is 4.79 Å². The number of ether oxygens (including phenoxy) is 2. The molecule has 98 valence electrons. The van der Waals surface area contributed by atoms with Gasteiger partial charge < -0.3 is 9.47 Å². The van der Waals surface area contributed by atoms with Crippen LogP contribution in [0.2, 0.25) is 5.15 Å². The SMILES string of the molecule is COc1ccccc1C(=O)OCc1ccc(Cl)nc1. The average molecular weight is 278 g/mol. The molecule has 2 rings (SSSR count). The molecule has 4 nitrogen and oxygen atoms in total. The van der Waals surface area contributed by atoms with Crippen molar-refractivity contribution >= 4 is 17.6 Å². The van der Waals surface area contributed by atoms with Crippen molar-refractivity contribution in [1.82, 2.24) is 4.98 Å². The zero-order valence-electron chi connectivity index (χ0n) is 10.3. The topological polar surface area (TPSA) is 48.4 Å². The molecule has 0 saturated heterocycles. The van der Waals surface area contributed by atoms with Crippen LogP contribution in [0.4, 0.5) is 0 Å². The van der Waals surface area contributed by atoms with Crippen molar-refractivity contribution in [3.8, 4) is 5.75 Å². The molecule has 2 aromatic rings. The molecule has 0 bridgehead atoms. The second-order valence-electron chi connectivity index (χ2n) is 3.77. The van der Waals surface area contributed by atoms with Crippen molar-refractivity contribution in [3.05, 3.63) is 58.9 Å². The van der Waals surface area contributed by atoms with E-state index in [-0.39, 0.29) is 6.61 Å². The Morgan fingerprint density at radius 1 is 1.26 bits per heavy atom. The van der Waals surface area contributed by atoms with Gasteiger partial charge in [-0.05, 0) is 18.2 Å². The van der Waals surface area contributed by atoms with E-state index in [0.717, 1.165) is 5.56 Å². The van der Waals surface area contributed by atoms with Crippen molar-refractivity contribution in [1.29, 1.82) is 0 Å². The second-order valence-corrected chi connectivity index (χ2v) is 4.15. The van der Waals surface area contributed by atoms with Crippen LogP contribution in [0.15, 0.2) is 42.6 Å². The Labute approximate surface area is 115 Å². The number of benzene rings is 1. The molecule has 0 N–H and O–H groups in total. The first-order valence-corrected chi connectivity index (χ1v) is 5.99. The number of hydrogen-bond donors (Lipinski definition) is 0. The maximum Gasteiger partial charge on any atom is 0.342 e. The standard InChI is InChI=1S/C14H12ClNO3/c1-18-12-5-3-2-4-11(12)14(17)19-9-10-6-7-13(15)16-8-10/h2-8H,9H2,1H3. The van der Waals surface area contributed by atoms with Gasteiger partial charge in [0.1, 0.15) is 23.1 Å². The highest BCUT2D eigenvalue weighted by atomic mass is 35.5. The number of pyridine rings is 1. The highest BCUT2D eigenvalue weighted by Gasteiger charge is 2.12. The molecule has 1 aromatic carbocycles. The normalized spacial score (nSPS) is 10.0. The van der Waals surface area contributed by atoms with Gasteiger partial charge in [-0.15, -0.1) is 0 Å². The van der Waals surface area contributed by atoms with Crippen LogP contribution in [0.25, 0.3) is 0 Å². The largest absolute Gasteiger partial charge is 0.496 e. The highest BCUT2D eigenvalue weighted by molar-refractivity contribution is 6.29. The number of hydrogen-bond acceptors (Lipinski definition) is 4. The summed E-state index contributed by atoms with van der Waals surface area (Å²) in [5, 5.41) is 0.403. The molecule has 0 unspecified atom stereocenters. The van der Waals surface area contributed by atoms with E-state index in [0.29, 0.717) is 16.5 Å². The van der Waals surface area contributed by atoms with Crippen LogP contribution in [-0.2, 0) is 11.3 Å². The third-order valence-corrected chi connectivity index (χ3v) is 2.71. The quantitative estimate of drug-likeness (QED) is 0.636. The molecule has 0 aliphatic rings. The predicted octanol–water partition coefficient (Wildman–Crippen LogP) is 3.10. The van der Waals surface area contributed by atoms with Gasteiger partial charge in [0, 0.05) is 11.8 Å². The molecule has 19 heavy (non-hydrogen) atoms. The lowest BCUT2D eigenvalue weighted by atomic mass is 10.2.